The summed E-state index contributed by atoms with van der Waals surface area (Å²) < 4.78 is 0. The topological polar surface area (TPSA) is 48.8 Å². The smallest absolute Gasteiger partial charge is 0.0880 e. The predicted molar refractivity (Wildman–Crippen MR) is 47.3 cm³/mol. The highest BCUT2D eigenvalue weighted by molar-refractivity contribution is 5.33. The average Bonchev–Trinajstić information content (AvgIpc) is 2.14. The van der Waals surface area contributed by atoms with Crippen molar-refractivity contribution in [3.05, 3.63) is 46.3 Å². The predicted octanol–water partition coefficient (Wildman–Crippen LogP) is 2.35. The van der Waals surface area contributed by atoms with Crippen LogP contribution >= 0.6 is 0 Å². The first-order valence-electron chi connectivity index (χ1n) is 3.48. The van der Waals surface area contributed by atoms with Crippen molar-refractivity contribution in [1.29, 1.82) is 0 Å². The second-order valence-electron chi connectivity index (χ2n) is 2.06. The molecule has 0 unspecified atom stereocenters. The molecule has 0 saturated heterocycles. The molecule has 1 aromatic carbocycles. The Kier molecular flexibility index (Phi) is 3.30. The molecule has 0 spiro atoms. The Morgan fingerprint density at radius 3 is 2.75 bits per heavy atom. The normalized spacial score (nSPS) is 7.67. The molecule has 0 heterocycles. The van der Waals surface area contributed by atoms with Crippen molar-refractivity contribution in [2.24, 2.45) is 5.11 Å². The fourth-order valence-electron chi connectivity index (χ4n) is 0.730. The number of nitrogens with zero attached hydrogens (tertiary/aromatic N) is 3. The van der Waals surface area contributed by atoms with Crippen LogP contribution in [0, 0.1) is 11.8 Å². The molecule has 12 heavy (non-hydrogen) atoms. The largest absolute Gasteiger partial charge is 0.0919 e. The first-order chi connectivity index (χ1) is 5.93. The van der Waals surface area contributed by atoms with E-state index >= 15 is 0 Å². The van der Waals surface area contributed by atoms with E-state index in [2.05, 4.69) is 21.9 Å². The van der Waals surface area contributed by atoms with Gasteiger partial charge in [-0.1, -0.05) is 35.2 Å². The van der Waals surface area contributed by atoms with Gasteiger partial charge in [-0.25, -0.2) is 0 Å². The molecule has 3 nitrogen and oxygen atoms in total. The monoisotopic (exact) mass is 157 g/mol. The summed E-state index contributed by atoms with van der Waals surface area (Å²) >= 11 is 0. The molecular weight excluding hydrogens is 150 g/mol. The van der Waals surface area contributed by atoms with E-state index in [-0.39, 0.29) is 6.54 Å². The van der Waals surface area contributed by atoms with Gasteiger partial charge < -0.3 is 0 Å². The van der Waals surface area contributed by atoms with Gasteiger partial charge in [-0.05, 0) is 17.7 Å². The molecule has 0 radical (unpaired) electrons. The van der Waals surface area contributed by atoms with Crippen molar-refractivity contribution in [3.63, 3.8) is 0 Å². The van der Waals surface area contributed by atoms with Gasteiger partial charge in [0.15, 0.2) is 0 Å². The van der Waals surface area contributed by atoms with Gasteiger partial charge in [0.25, 0.3) is 0 Å². The van der Waals surface area contributed by atoms with Crippen LogP contribution in [0.15, 0.2) is 35.4 Å². The van der Waals surface area contributed by atoms with E-state index in [1.165, 1.54) is 0 Å². The van der Waals surface area contributed by atoms with Gasteiger partial charge in [0.1, 0.15) is 0 Å². The molecule has 58 valence electrons. The molecule has 1 aromatic rings. The van der Waals surface area contributed by atoms with Crippen LogP contribution in [0.4, 0.5) is 0 Å². The molecule has 3 heteroatoms. The van der Waals surface area contributed by atoms with Gasteiger partial charge in [0.05, 0.1) is 6.54 Å². The van der Waals surface area contributed by atoms with E-state index in [0.717, 1.165) is 5.56 Å². The van der Waals surface area contributed by atoms with Gasteiger partial charge in [-0.2, -0.15) is 0 Å². The first kappa shape index (κ1) is 8.19. The SMILES string of the molecule is [N-]=[N+]=NCC#Cc1ccccc1. The Morgan fingerprint density at radius 1 is 1.33 bits per heavy atom. The van der Waals surface area contributed by atoms with Crippen LogP contribution < -0.4 is 0 Å². The lowest BCUT2D eigenvalue weighted by Gasteiger charge is -1.84. The first-order valence-corrected chi connectivity index (χ1v) is 3.48. The second-order valence-corrected chi connectivity index (χ2v) is 2.06. The third-order valence-corrected chi connectivity index (χ3v) is 1.22. The number of azide groups is 1. The van der Waals surface area contributed by atoms with Crippen LogP contribution in [-0.2, 0) is 0 Å². The third-order valence-electron chi connectivity index (χ3n) is 1.22. The number of benzene rings is 1. The van der Waals surface area contributed by atoms with E-state index in [0.29, 0.717) is 0 Å². The Morgan fingerprint density at radius 2 is 2.08 bits per heavy atom. The summed E-state index contributed by atoms with van der Waals surface area (Å²) in [6, 6.07) is 9.57. The number of hydrogen-bond donors (Lipinski definition) is 0. The highest BCUT2D eigenvalue weighted by Gasteiger charge is 1.79. The average molecular weight is 157 g/mol. The van der Waals surface area contributed by atoms with Gasteiger partial charge in [0, 0.05) is 10.5 Å². The molecular formula is C9H7N3. The standard InChI is InChI=1S/C9H7N3/c10-12-11-8-4-7-9-5-2-1-3-6-9/h1-3,5-6H,8H2. The van der Waals surface area contributed by atoms with E-state index in [9.17, 15) is 0 Å². The van der Waals surface area contributed by atoms with Crippen LogP contribution in [0.3, 0.4) is 0 Å². The summed E-state index contributed by atoms with van der Waals surface area (Å²) in [5.41, 5.74) is 8.89. The zero-order chi connectivity index (χ0) is 8.65. The highest BCUT2D eigenvalue weighted by Crippen LogP contribution is 1.94. The zero-order valence-corrected chi connectivity index (χ0v) is 6.44. The Hall–Kier alpha value is -1.91. The number of hydrogen-bond acceptors (Lipinski definition) is 1. The van der Waals surface area contributed by atoms with E-state index < -0.39 is 0 Å². The van der Waals surface area contributed by atoms with E-state index in [4.69, 9.17) is 5.53 Å². The summed E-state index contributed by atoms with van der Waals surface area (Å²) in [7, 11) is 0. The Labute approximate surface area is 70.7 Å². The van der Waals surface area contributed by atoms with E-state index in [1.54, 1.807) is 0 Å². The maximum Gasteiger partial charge on any atom is 0.0880 e. The zero-order valence-electron chi connectivity index (χ0n) is 6.44. The molecule has 0 bridgehead atoms. The van der Waals surface area contributed by atoms with Crippen molar-refractivity contribution in [1.82, 2.24) is 0 Å². The van der Waals surface area contributed by atoms with Crippen LogP contribution in [-0.4, -0.2) is 6.54 Å². The third kappa shape index (κ3) is 2.78. The number of rotatable bonds is 1. The van der Waals surface area contributed by atoms with Gasteiger partial charge in [-0.3, -0.25) is 0 Å². The molecule has 0 aromatic heterocycles. The van der Waals surface area contributed by atoms with Gasteiger partial charge in [0.2, 0.25) is 0 Å². The summed E-state index contributed by atoms with van der Waals surface area (Å²) in [6.07, 6.45) is 0. The fourth-order valence-corrected chi connectivity index (χ4v) is 0.730. The van der Waals surface area contributed by atoms with Gasteiger partial charge in [-0.15, -0.1) is 0 Å². The van der Waals surface area contributed by atoms with Crippen LogP contribution in [0.5, 0.6) is 0 Å². The van der Waals surface area contributed by atoms with Crippen LogP contribution in [0.2, 0.25) is 0 Å². The van der Waals surface area contributed by atoms with Crippen molar-refractivity contribution in [3.8, 4) is 11.8 Å². The highest BCUT2D eigenvalue weighted by atomic mass is 15.1. The van der Waals surface area contributed by atoms with Crippen LogP contribution in [0.25, 0.3) is 10.4 Å². The van der Waals surface area contributed by atoms with Gasteiger partial charge >= 0.3 is 0 Å². The summed E-state index contributed by atoms with van der Waals surface area (Å²) in [4.78, 5) is 2.59. The Balaban J connectivity index is 2.61. The minimum atomic E-state index is 0.228. The molecule has 0 saturated carbocycles. The van der Waals surface area contributed by atoms with E-state index in [1.807, 2.05) is 30.3 Å². The summed E-state index contributed by atoms with van der Waals surface area (Å²) in [5, 5.41) is 3.29. The molecule has 0 aliphatic heterocycles. The minimum Gasteiger partial charge on any atom is -0.0919 e. The van der Waals surface area contributed by atoms with Crippen molar-refractivity contribution < 1.29 is 0 Å². The summed E-state index contributed by atoms with van der Waals surface area (Å²) in [6.45, 7) is 0.228. The van der Waals surface area contributed by atoms with Crippen molar-refractivity contribution in [2.45, 2.75) is 0 Å². The summed E-state index contributed by atoms with van der Waals surface area (Å²) in [5.74, 6) is 5.60. The molecule has 0 amide bonds. The minimum absolute atomic E-state index is 0.228. The molecule has 0 aliphatic rings. The lowest BCUT2D eigenvalue weighted by molar-refractivity contribution is 1.25. The van der Waals surface area contributed by atoms with Crippen LogP contribution in [0.1, 0.15) is 5.56 Å². The lowest BCUT2D eigenvalue weighted by atomic mass is 10.2. The molecule has 0 N–H and O–H groups in total. The Bertz CT molecular complexity index is 339. The quantitative estimate of drug-likeness (QED) is 0.260. The molecule has 0 atom stereocenters. The van der Waals surface area contributed by atoms with Crippen molar-refractivity contribution in [2.75, 3.05) is 6.54 Å². The molecule has 1 rings (SSSR count). The fraction of sp³-hybridized carbons (Fsp3) is 0.111. The maximum atomic E-state index is 7.95. The van der Waals surface area contributed by atoms with Crippen molar-refractivity contribution >= 4 is 0 Å². The second kappa shape index (κ2) is 4.84. The maximum absolute atomic E-state index is 7.95. The molecule has 0 aliphatic carbocycles. The lowest BCUT2D eigenvalue weighted by Crippen LogP contribution is -1.72. The molecule has 0 fully saturated rings.